The van der Waals surface area contributed by atoms with Gasteiger partial charge in [-0.1, -0.05) is 29.3 Å². The molecule has 0 atom stereocenters. The molecule has 0 unspecified atom stereocenters. The fourth-order valence-corrected chi connectivity index (χ4v) is 3.60. The van der Waals surface area contributed by atoms with Crippen molar-refractivity contribution in [2.24, 2.45) is 0 Å². The lowest BCUT2D eigenvalue weighted by molar-refractivity contribution is -0.134. The van der Waals surface area contributed by atoms with E-state index >= 15 is 0 Å². The summed E-state index contributed by atoms with van der Waals surface area (Å²) < 4.78 is 52.3. The maximum atomic E-state index is 13.1. The zero-order valence-electron chi connectivity index (χ0n) is 15.2. The number of carbonyl (C=O) groups excluding carboxylic acids is 1. The Bertz CT molecular complexity index is 870. The maximum absolute atomic E-state index is 13.1. The van der Waals surface area contributed by atoms with E-state index < -0.39 is 36.7 Å². The molecule has 0 saturated carbocycles. The van der Waals surface area contributed by atoms with E-state index in [9.17, 15) is 22.4 Å². The van der Waals surface area contributed by atoms with Crippen LogP contribution in [0, 0.1) is 0 Å². The number of hydrogen-bond donors (Lipinski definition) is 0. The van der Waals surface area contributed by atoms with Gasteiger partial charge in [0.15, 0.2) is 0 Å². The Morgan fingerprint density at radius 2 is 1.72 bits per heavy atom. The molecule has 0 bridgehead atoms. The summed E-state index contributed by atoms with van der Waals surface area (Å²) in [4.78, 5) is 16.1. The second kappa shape index (κ2) is 9.32. The van der Waals surface area contributed by atoms with Crippen molar-refractivity contribution in [2.75, 3.05) is 26.2 Å². The quantitative estimate of drug-likeness (QED) is 0.609. The largest absolute Gasteiger partial charge is 0.339 e. The average molecular weight is 453 g/mol. The van der Waals surface area contributed by atoms with Gasteiger partial charge < -0.3 is 4.90 Å². The third-order valence-corrected chi connectivity index (χ3v) is 5.28. The second-order valence-electron chi connectivity index (χ2n) is 6.65. The summed E-state index contributed by atoms with van der Waals surface area (Å²) in [6, 6.07) is 5.89. The summed E-state index contributed by atoms with van der Waals surface area (Å²) in [5.74, 6) is -0.444. The number of halogens is 6. The monoisotopic (exact) mass is 452 g/mol. The number of carbonyl (C=O) groups is 1. The van der Waals surface area contributed by atoms with Crippen molar-refractivity contribution < 1.29 is 22.4 Å². The number of aromatic nitrogens is 2. The van der Waals surface area contributed by atoms with E-state index in [4.69, 9.17) is 23.2 Å². The minimum absolute atomic E-state index is 0.386. The van der Waals surface area contributed by atoms with Crippen LogP contribution in [0.25, 0.3) is 0 Å². The van der Waals surface area contributed by atoms with E-state index in [-0.39, 0.29) is 0 Å². The number of amides is 1. The first kappa shape index (κ1) is 21.9. The summed E-state index contributed by atoms with van der Waals surface area (Å²) in [5, 5.41) is 4.56. The van der Waals surface area contributed by atoms with Crippen molar-refractivity contribution in [3.05, 3.63) is 51.3 Å². The van der Waals surface area contributed by atoms with Crippen LogP contribution in [0.2, 0.25) is 10.0 Å². The minimum Gasteiger partial charge on any atom is -0.339 e. The molecular weight excluding hydrogens is 435 g/mol. The Kier molecular flexibility index (Phi) is 7.02. The van der Waals surface area contributed by atoms with Crippen LogP contribution in [0.3, 0.4) is 0 Å². The fourth-order valence-electron chi connectivity index (χ4n) is 3.14. The van der Waals surface area contributed by atoms with Crippen molar-refractivity contribution in [2.45, 2.75) is 25.9 Å². The first-order valence-electron chi connectivity index (χ1n) is 8.82. The van der Waals surface area contributed by atoms with Crippen LogP contribution in [0.1, 0.15) is 29.8 Å². The number of alkyl halides is 4. The summed E-state index contributed by atoms with van der Waals surface area (Å²) in [5.41, 5.74) is -0.545. The lowest BCUT2D eigenvalue weighted by atomic mass is 10.2. The van der Waals surface area contributed by atoms with E-state index in [2.05, 4.69) is 10.00 Å². The van der Waals surface area contributed by atoms with Gasteiger partial charge in [-0.25, -0.2) is 17.6 Å². The molecule has 158 valence electrons. The van der Waals surface area contributed by atoms with Crippen molar-refractivity contribution in [3.8, 4) is 0 Å². The van der Waals surface area contributed by atoms with Gasteiger partial charge in [-0.2, -0.15) is 5.10 Å². The number of benzene rings is 1. The molecule has 1 aliphatic heterocycles. The smallest absolute Gasteiger partial charge is 0.282 e. The predicted octanol–water partition coefficient (Wildman–Crippen LogP) is 4.41. The van der Waals surface area contributed by atoms with E-state index in [0.29, 0.717) is 53.5 Å². The molecule has 1 saturated heterocycles. The summed E-state index contributed by atoms with van der Waals surface area (Å²) in [6.07, 6.45) is -5.98. The van der Waals surface area contributed by atoms with Crippen LogP contribution in [0.4, 0.5) is 17.6 Å². The highest BCUT2D eigenvalue weighted by atomic mass is 35.5. The Morgan fingerprint density at radius 1 is 1.03 bits per heavy atom. The third kappa shape index (κ3) is 5.40. The van der Waals surface area contributed by atoms with Crippen LogP contribution < -0.4 is 0 Å². The van der Waals surface area contributed by atoms with Gasteiger partial charge in [-0.05, 0) is 23.8 Å². The van der Waals surface area contributed by atoms with Crippen LogP contribution in [-0.4, -0.2) is 51.7 Å². The van der Waals surface area contributed by atoms with Gasteiger partial charge in [0.1, 0.15) is 17.9 Å². The van der Waals surface area contributed by atoms with Crippen molar-refractivity contribution in [1.29, 1.82) is 0 Å². The molecule has 11 heteroatoms. The molecule has 0 spiro atoms. The lowest BCUT2D eigenvalue weighted by Gasteiger charge is -2.35. The SMILES string of the molecule is O=C(Cn1nc(C(F)F)cc1C(F)F)N1CCN(Cc2ccc(Cl)cc2Cl)CC1. The van der Waals surface area contributed by atoms with E-state index in [1.165, 1.54) is 4.90 Å². The molecule has 0 aliphatic carbocycles. The molecule has 3 rings (SSSR count). The Morgan fingerprint density at radius 3 is 2.31 bits per heavy atom. The van der Waals surface area contributed by atoms with Gasteiger partial charge in [-0.15, -0.1) is 0 Å². The van der Waals surface area contributed by atoms with Crippen LogP contribution in [0.15, 0.2) is 24.3 Å². The molecule has 1 aliphatic rings. The van der Waals surface area contributed by atoms with E-state index in [0.717, 1.165) is 5.56 Å². The molecule has 0 radical (unpaired) electrons. The molecule has 1 fully saturated rings. The number of nitrogens with zero attached hydrogens (tertiary/aromatic N) is 4. The van der Waals surface area contributed by atoms with Crippen molar-refractivity contribution in [1.82, 2.24) is 19.6 Å². The second-order valence-corrected chi connectivity index (χ2v) is 7.49. The van der Waals surface area contributed by atoms with Gasteiger partial charge in [0.05, 0.1) is 0 Å². The Labute approximate surface area is 174 Å². The van der Waals surface area contributed by atoms with Crippen molar-refractivity contribution in [3.63, 3.8) is 0 Å². The Balaban J connectivity index is 1.58. The third-order valence-electron chi connectivity index (χ3n) is 4.70. The summed E-state index contributed by atoms with van der Waals surface area (Å²) >= 11 is 12.1. The minimum atomic E-state index is -3.00. The summed E-state index contributed by atoms with van der Waals surface area (Å²) in [7, 11) is 0. The average Bonchev–Trinajstić information content (AvgIpc) is 3.09. The predicted molar refractivity (Wildman–Crippen MR) is 100 cm³/mol. The molecule has 0 N–H and O–H groups in total. The number of piperazine rings is 1. The van der Waals surface area contributed by atoms with Crippen LogP contribution in [-0.2, 0) is 17.9 Å². The first-order valence-corrected chi connectivity index (χ1v) is 9.58. The maximum Gasteiger partial charge on any atom is 0.282 e. The van der Waals surface area contributed by atoms with Gasteiger partial charge in [0.2, 0.25) is 5.91 Å². The van der Waals surface area contributed by atoms with Gasteiger partial charge >= 0.3 is 0 Å². The Hall–Kier alpha value is -1.84. The number of hydrogen-bond acceptors (Lipinski definition) is 3. The molecule has 1 aromatic carbocycles. The molecule has 2 heterocycles. The molecule has 5 nitrogen and oxygen atoms in total. The van der Waals surface area contributed by atoms with Crippen molar-refractivity contribution >= 4 is 29.1 Å². The highest BCUT2D eigenvalue weighted by Gasteiger charge is 2.26. The first-order chi connectivity index (χ1) is 13.7. The fraction of sp³-hybridized carbons (Fsp3) is 0.444. The normalized spacial score (nSPS) is 15.5. The lowest BCUT2D eigenvalue weighted by Crippen LogP contribution is -2.49. The highest BCUT2D eigenvalue weighted by Crippen LogP contribution is 2.25. The van der Waals surface area contributed by atoms with E-state index in [1.54, 1.807) is 12.1 Å². The van der Waals surface area contributed by atoms with Gasteiger partial charge in [-0.3, -0.25) is 14.4 Å². The highest BCUT2D eigenvalue weighted by molar-refractivity contribution is 6.35. The topological polar surface area (TPSA) is 41.4 Å². The molecule has 29 heavy (non-hydrogen) atoms. The number of rotatable bonds is 6. The van der Waals surface area contributed by atoms with Crippen LogP contribution >= 0.6 is 23.2 Å². The molecular formula is C18H18Cl2F4N4O. The van der Waals surface area contributed by atoms with Gasteiger partial charge in [0, 0.05) is 42.8 Å². The van der Waals surface area contributed by atoms with Gasteiger partial charge in [0.25, 0.3) is 12.9 Å². The van der Waals surface area contributed by atoms with Crippen LogP contribution in [0.5, 0.6) is 0 Å². The summed E-state index contributed by atoms with van der Waals surface area (Å²) in [6.45, 7) is 1.98. The standard InChI is InChI=1S/C18H18Cl2F4N4O/c19-12-2-1-11(13(20)7-12)9-26-3-5-27(6-4-26)16(29)10-28-15(18(23)24)8-14(25-28)17(21)22/h1-2,7-8,17-18H,3-6,9-10H2. The zero-order chi connectivity index (χ0) is 21.1. The molecule has 1 amide bonds. The molecule has 1 aromatic heterocycles. The molecule has 2 aromatic rings. The zero-order valence-corrected chi connectivity index (χ0v) is 16.7. The van der Waals surface area contributed by atoms with E-state index in [1.807, 2.05) is 6.07 Å².